The highest BCUT2D eigenvalue weighted by Gasteiger charge is 2.28. The summed E-state index contributed by atoms with van der Waals surface area (Å²) in [7, 11) is 3.67. The molecule has 4 rings (SSSR count). The second kappa shape index (κ2) is 6.87. The third-order valence-electron chi connectivity index (χ3n) is 4.24. The molecule has 0 unspecified atom stereocenters. The van der Waals surface area contributed by atoms with Crippen LogP contribution in [0.4, 0.5) is 23.0 Å². The van der Waals surface area contributed by atoms with Gasteiger partial charge < -0.3 is 9.64 Å². The molecular weight excluding hydrogens is 324 g/mol. The van der Waals surface area contributed by atoms with E-state index in [0.717, 1.165) is 34.1 Å². The number of benzene rings is 2. The zero-order valence-corrected chi connectivity index (χ0v) is 14.7. The molecule has 128 valence electrons. The third-order valence-corrected chi connectivity index (χ3v) is 4.24. The average molecular weight is 342 g/mol. The Kier molecular flexibility index (Phi) is 4.26. The monoisotopic (exact) mass is 342 g/mol. The highest BCUT2D eigenvalue weighted by Crippen LogP contribution is 2.44. The maximum absolute atomic E-state index is 5.40. The van der Waals surface area contributed by atoms with Gasteiger partial charge in [0.1, 0.15) is 6.73 Å². The summed E-state index contributed by atoms with van der Waals surface area (Å²) in [6.45, 7) is 0.391. The lowest BCUT2D eigenvalue weighted by atomic mass is 10.1. The molecule has 0 N–H and O–H groups in total. The van der Waals surface area contributed by atoms with E-state index in [1.54, 1.807) is 19.5 Å². The Bertz CT molecular complexity index is 992. The van der Waals surface area contributed by atoms with Crippen molar-refractivity contribution in [3.8, 4) is 11.8 Å². The molecule has 2 aromatic carbocycles. The molecule has 26 heavy (non-hydrogen) atoms. The molecular formula is C21H18N4O. The minimum Gasteiger partial charge on any atom is -0.364 e. The van der Waals surface area contributed by atoms with E-state index >= 15 is 0 Å². The summed E-state index contributed by atoms with van der Waals surface area (Å²) in [5, 5.41) is 0. The van der Waals surface area contributed by atoms with Crippen LogP contribution in [0.2, 0.25) is 0 Å². The molecule has 5 heteroatoms. The number of rotatable bonds is 2. The van der Waals surface area contributed by atoms with E-state index in [9.17, 15) is 0 Å². The lowest BCUT2D eigenvalue weighted by molar-refractivity contribution is 0.205. The fourth-order valence-corrected chi connectivity index (χ4v) is 3.01. The number of fused-ring (bicyclic) bond motifs is 2. The van der Waals surface area contributed by atoms with Gasteiger partial charge in [0.05, 0.1) is 11.4 Å². The van der Waals surface area contributed by atoms with Crippen LogP contribution >= 0.6 is 0 Å². The first-order valence-electron chi connectivity index (χ1n) is 8.30. The van der Waals surface area contributed by atoms with Gasteiger partial charge in [0.2, 0.25) is 0 Å². The summed E-state index contributed by atoms with van der Waals surface area (Å²) < 4.78 is 5.40. The van der Waals surface area contributed by atoms with Crippen LogP contribution in [-0.4, -0.2) is 30.9 Å². The lowest BCUT2D eigenvalue weighted by Gasteiger charge is -2.36. The Morgan fingerprint density at radius 3 is 2.38 bits per heavy atom. The Morgan fingerprint density at radius 2 is 1.62 bits per heavy atom. The van der Waals surface area contributed by atoms with E-state index in [-0.39, 0.29) is 0 Å². The van der Waals surface area contributed by atoms with E-state index < -0.39 is 0 Å². The van der Waals surface area contributed by atoms with Crippen molar-refractivity contribution in [2.75, 3.05) is 30.7 Å². The first-order valence-corrected chi connectivity index (χ1v) is 8.30. The topological polar surface area (TPSA) is 41.5 Å². The number of hydrogen-bond donors (Lipinski definition) is 0. The fourth-order valence-electron chi connectivity index (χ4n) is 3.01. The van der Waals surface area contributed by atoms with Crippen LogP contribution in [0.3, 0.4) is 0 Å². The fraction of sp³-hybridized carbons (Fsp3) is 0.143. The van der Waals surface area contributed by atoms with Crippen molar-refractivity contribution in [1.29, 1.82) is 0 Å². The van der Waals surface area contributed by atoms with Gasteiger partial charge in [0.15, 0.2) is 11.6 Å². The minimum atomic E-state index is 0.391. The van der Waals surface area contributed by atoms with Gasteiger partial charge >= 0.3 is 0 Å². The molecule has 0 amide bonds. The highest BCUT2D eigenvalue weighted by atomic mass is 16.5. The van der Waals surface area contributed by atoms with E-state index in [4.69, 9.17) is 4.74 Å². The number of anilines is 4. The van der Waals surface area contributed by atoms with Gasteiger partial charge in [0.25, 0.3) is 0 Å². The summed E-state index contributed by atoms with van der Waals surface area (Å²) in [5.74, 6) is 8.03. The average Bonchev–Trinajstić information content (AvgIpc) is 2.70. The van der Waals surface area contributed by atoms with Crippen molar-refractivity contribution in [2.24, 2.45) is 0 Å². The first-order chi connectivity index (χ1) is 12.8. The maximum Gasteiger partial charge on any atom is 0.178 e. The molecule has 0 atom stereocenters. The smallest absolute Gasteiger partial charge is 0.178 e. The van der Waals surface area contributed by atoms with Crippen LogP contribution in [0.25, 0.3) is 0 Å². The number of hydrogen-bond acceptors (Lipinski definition) is 5. The molecule has 0 saturated carbocycles. The number of ether oxygens (including phenoxy) is 1. The maximum atomic E-state index is 5.40. The zero-order valence-electron chi connectivity index (χ0n) is 14.7. The molecule has 5 nitrogen and oxygen atoms in total. The molecule has 0 radical (unpaired) electrons. The van der Waals surface area contributed by atoms with Gasteiger partial charge in [-0.15, -0.1) is 0 Å². The van der Waals surface area contributed by atoms with Crippen LogP contribution in [0, 0.1) is 11.8 Å². The lowest BCUT2D eigenvalue weighted by Crippen LogP contribution is -2.30. The van der Waals surface area contributed by atoms with Crippen LogP contribution in [-0.2, 0) is 4.74 Å². The van der Waals surface area contributed by atoms with Gasteiger partial charge in [-0.3, -0.25) is 4.90 Å². The molecule has 0 aliphatic carbocycles. The predicted octanol–water partition coefficient (Wildman–Crippen LogP) is 3.70. The van der Waals surface area contributed by atoms with Crippen molar-refractivity contribution < 1.29 is 4.74 Å². The summed E-state index contributed by atoms with van der Waals surface area (Å²) in [4.78, 5) is 13.0. The molecule has 1 aliphatic rings. The summed E-state index contributed by atoms with van der Waals surface area (Å²) >= 11 is 0. The van der Waals surface area contributed by atoms with Crippen LogP contribution < -0.4 is 9.80 Å². The van der Waals surface area contributed by atoms with Crippen LogP contribution in [0.15, 0.2) is 60.9 Å². The van der Waals surface area contributed by atoms with Gasteiger partial charge in [-0.1, -0.05) is 30.0 Å². The van der Waals surface area contributed by atoms with Crippen molar-refractivity contribution in [3.63, 3.8) is 0 Å². The van der Waals surface area contributed by atoms with Crippen molar-refractivity contribution in [3.05, 3.63) is 72.1 Å². The van der Waals surface area contributed by atoms with E-state index in [1.807, 2.05) is 53.2 Å². The predicted molar refractivity (Wildman–Crippen MR) is 103 cm³/mol. The van der Waals surface area contributed by atoms with E-state index in [0.29, 0.717) is 6.73 Å². The Labute approximate surface area is 152 Å². The van der Waals surface area contributed by atoms with Crippen molar-refractivity contribution in [2.45, 2.75) is 0 Å². The van der Waals surface area contributed by atoms with Crippen molar-refractivity contribution >= 4 is 23.0 Å². The number of methoxy groups -OCH3 is 1. The third kappa shape index (κ3) is 2.87. The molecule has 2 heterocycles. The number of nitrogens with zero attached hydrogens (tertiary/aromatic N) is 4. The molecule has 0 fully saturated rings. The second-order valence-electron chi connectivity index (χ2n) is 5.93. The molecule has 1 aliphatic heterocycles. The molecule has 3 aromatic rings. The van der Waals surface area contributed by atoms with E-state index in [2.05, 4.69) is 33.9 Å². The minimum absolute atomic E-state index is 0.391. The van der Waals surface area contributed by atoms with Gasteiger partial charge in [0, 0.05) is 37.7 Å². The quantitative estimate of drug-likeness (QED) is 0.664. The largest absolute Gasteiger partial charge is 0.364 e. The second-order valence-corrected chi connectivity index (χ2v) is 5.93. The van der Waals surface area contributed by atoms with Crippen LogP contribution in [0.5, 0.6) is 0 Å². The Morgan fingerprint density at radius 1 is 0.885 bits per heavy atom. The molecule has 0 spiro atoms. The highest BCUT2D eigenvalue weighted by molar-refractivity contribution is 5.89. The summed E-state index contributed by atoms with van der Waals surface area (Å²) in [6.07, 6.45) is 3.39. The Balaban J connectivity index is 1.77. The first kappa shape index (κ1) is 16.1. The molecule has 1 aromatic heterocycles. The normalized spacial score (nSPS) is 12.1. The van der Waals surface area contributed by atoms with Gasteiger partial charge in [-0.25, -0.2) is 9.97 Å². The summed E-state index contributed by atoms with van der Waals surface area (Å²) in [6, 6.07) is 16.1. The zero-order chi connectivity index (χ0) is 17.9. The standard InChI is InChI=1S/C21H18N4O/c1-24-18-11-10-17(9-8-16-6-4-3-5-7-16)14-19(18)25(15-26-2)21-20(24)22-12-13-23-21/h3-7,10-14H,15H2,1-2H3. The number of aromatic nitrogens is 2. The SMILES string of the molecule is COCN1c2cc(C#Cc3ccccc3)ccc2N(C)c2nccnc21. The molecule has 0 saturated heterocycles. The van der Waals surface area contributed by atoms with E-state index in [1.165, 1.54) is 0 Å². The molecule has 0 bridgehead atoms. The van der Waals surface area contributed by atoms with Gasteiger partial charge in [-0.05, 0) is 30.3 Å². The van der Waals surface area contributed by atoms with Crippen LogP contribution in [0.1, 0.15) is 11.1 Å². The van der Waals surface area contributed by atoms with Crippen molar-refractivity contribution in [1.82, 2.24) is 9.97 Å². The Hall–Kier alpha value is -3.36. The summed E-state index contributed by atoms with van der Waals surface area (Å²) in [5.41, 5.74) is 3.98. The van der Waals surface area contributed by atoms with Gasteiger partial charge in [-0.2, -0.15) is 0 Å².